The van der Waals surface area contributed by atoms with E-state index in [-0.39, 0.29) is 11.4 Å². The Morgan fingerprint density at radius 3 is 2.80 bits per heavy atom. The fourth-order valence-corrected chi connectivity index (χ4v) is 3.65. The highest BCUT2D eigenvalue weighted by Gasteiger charge is 2.44. The molecule has 2 N–H and O–H groups in total. The molecule has 5 nitrogen and oxygen atoms in total. The van der Waals surface area contributed by atoms with Crippen molar-refractivity contribution < 1.29 is 9.53 Å². The highest BCUT2D eigenvalue weighted by molar-refractivity contribution is 7.99. The normalized spacial score (nSPS) is 16.1. The van der Waals surface area contributed by atoms with E-state index in [0.29, 0.717) is 6.42 Å². The number of rotatable bonds is 7. The lowest BCUT2D eigenvalue weighted by Crippen LogP contribution is -2.13. The number of hydrogen-bond donors (Lipinski definition) is 1. The van der Waals surface area contributed by atoms with Crippen LogP contribution in [0.2, 0.25) is 0 Å². The van der Waals surface area contributed by atoms with Gasteiger partial charge in [0.2, 0.25) is 0 Å². The molecular formula is C14H23N3O2S. The van der Waals surface area contributed by atoms with Gasteiger partial charge in [-0.3, -0.25) is 9.48 Å². The standard InChI is InChI=1S/C14H23N3O2S/c1-4-5-10-12(15)13(17(2)16-10)20-9-14(6-7-14)8-11(18)19-3/h4-9,15H2,1-3H3. The number of anilines is 1. The summed E-state index contributed by atoms with van der Waals surface area (Å²) in [6.07, 6.45) is 4.64. The minimum absolute atomic E-state index is 0.111. The second-order valence-electron chi connectivity index (χ2n) is 5.58. The first-order valence-electron chi connectivity index (χ1n) is 7.02. The van der Waals surface area contributed by atoms with Gasteiger partial charge in [0.05, 0.1) is 24.9 Å². The zero-order valence-electron chi connectivity index (χ0n) is 12.4. The molecule has 0 radical (unpaired) electrons. The van der Waals surface area contributed by atoms with Crippen molar-refractivity contribution in [2.24, 2.45) is 12.5 Å². The van der Waals surface area contributed by atoms with Crippen molar-refractivity contribution in [3.8, 4) is 0 Å². The number of methoxy groups -OCH3 is 1. The van der Waals surface area contributed by atoms with Crippen molar-refractivity contribution in [3.05, 3.63) is 5.69 Å². The molecule has 0 aliphatic heterocycles. The average molecular weight is 297 g/mol. The summed E-state index contributed by atoms with van der Waals surface area (Å²) in [6.45, 7) is 2.12. The van der Waals surface area contributed by atoms with Gasteiger partial charge in [-0.2, -0.15) is 5.10 Å². The van der Waals surface area contributed by atoms with Crippen LogP contribution in [-0.2, 0) is 23.0 Å². The number of carbonyl (C=O) groups is 1. The van der Waals surface area contributed by atoms with Crippen molar-refractivity contribution in [1.29, 1.82) is 0 Å². The van der Waals surface area contributed by atoms with Gasteiger partial charge in [-0.25, -0.2) is 0 Å². The van der Waals surface area contributed by atoms with E-state index >= 15 is 0 Å². The van der Waals surface area contributed by atoms with Gasteiger partial charge in [-0.1, -0.05) is 13.3 Å². The first-order valence-corrected chi connectivity index (χ1v) is 8.01. The van der Waals surface area contributed by atoms with Crippen LogP contribution in [0.5, 0.6) is 0 Å². The quantitative estimate of drug-likeness (QED) is 0.618. The first kappa shape index (κ1) is 15.2. The van der Waals surface area contributed by atoms with Gasteiger partial charge >= 0.3 is 5.97 Å². The van der Waals surface area contributed by atoms with Gasteiger partial charge in [-0.05, 0) is 24.7 Å². The summed E-state index contributed by atoms with van der Waals surface area (Å²) >= 11 is 1.71. The summed E-state index contributed by atoms with van der Waals surface area (Å²) in [4.78, 5) is 11.4. The van der Waals surface area contributed by atoms with E-state index in [2.05, 4.69) is 12.0 Å². The number of nitrogens with zero attached hydrogens (tertiary/aromatic N) is 2. The van der Waals surface area contributed by atoms with Gasteiger partial charge in [-0.15, -0.1) is 11.8 Å². The highest BCUT2D eigenvalue weighted by atomic mass is 32.2. The number of aryl methyl sites for hydroxylation is 2. The Morgan fingerprint density at radius 2 is 2.25 bits per heavy atom. The molecule has 1 aliphatic rings. The zero-order valence-corrected chi connectivity index (χ0v) is 13.3. The minimum Gasteiger partial charge on any atom is -0.469 e. The van der Waals surface area contributed by atoms with Gasteiger partial charge in [0.15, 0.2) is 0 Å². The van der Waals surface area contributed by atoms with Crippen LogP contribution in [0.3, 0.4) is 0 Å². The molecule has 20 heavy (non-hydrogen) atoms. The highest BCUT2D eigenvalue weighted by Crippen LogP contribution is 2.52. The number of thioether (sulfide) groups is 1. The SMILES string of the molecule is CCCc1nn(C)c(SCC2(CC(=O)OC)CC2)c1N. The van der Waals surface area contributed by atoms with Crippen molar-refractivity contribution in [2.45, 2.75) is 44.1 Å². The van der Waals surface area contributed by atoms with E-state index in [1.54, 1.807) is 11.8 Å². The van der Waals surface area contributed by atoms with Crippen molar-refractivity contribution >= 4 is 23.4 Å². The van der Waals surface area contributed by atoms with Crippen LogP contribution in [0, 0.1) is 5.41 Å². The molecule has 1 heterocycles. The molecule has 1 aliphatic carbocycles. The summed E-state index contributed by atoms with van der Waals surface area (Å²) in [7, 11) is 3.37. The molecule has 0 amide bonds. The Hall–Kier alpha value is -1.17. The lowest BCUT2D eigenvalue weighted by atomic mass is 10.1. The van der Waals surface area contributed by atoms with Crippen LogP contribution in [0.4, 0.5) is 5.69 Å². The van der Waals surface area contributed by atoms with Crippen LogP contribution in [0.25, 0.3) is 0 Å². The molecule has 6 heteroatoms. The molecule has 2 rings (SSSR count). The van der Waals surface area contributed by atoms with Gasteiger partial charge in [0.1, 0.15) is 5.03 Å². The molecule has 0 saturated heterocycles. The fourth-order valence-electron chi connectivity index (χ4n) is 2.32. The van der Waals surface area contributed by atoms with Crippen LogP contribution in [0.15, 0.2) is 5.03 Å². The number of nitrogens with two attached hydrogens (primary N) is 1. The zero-order chi connectivity index (χ0) is 14.8. The first-order chi connectivity index (χ1) is 9.51. The molecule has 1 aromatic rings. The molecular weight excluding hydrogens is 274 g/mol. The summed E-state index contributed by atoms with van der Waals surface area (Å²) < 4.78 is 6.63. The topological polar surface area (TPSA) is 70.1 Å². The molecule has 1 fully saturated rings. The predicted molar refractivity (Wildman–Crippen MR) is 80.6 cm³/mol. The Balaban J connectivity index is 1.99. The van der Waals surface area contributed by atoms with E-state index in [1.807, 2.05) is 11.7 Å². The lowest BCUT2D eigenvalue weighted by molar-refractivity contribution is -0.141. The van der Waals surface area contributed by atoms with E-state index in [0.717, 1.165) is 47.8 Å². The van der Waals surface area contributed by atoms with Crippen LogP contribution < -0.4 is 5.73 Å². The molecule has 0 spiro atoms. The summed E-state index contributed by atoms with van der Waals surface area (Å²) in [6, 6.07) is 0. The summed E-state index contributed by atoms with van der Waals surface area (Å²) in [5, 5.41) is 5.50. The number of carbonyl (C=O) groups excluding carboxylic acids is 1. The molecule has 0 atom stereocenters. The summed E-state index contributed by atoms with van der Waals surface area (Å²) in [5.74, 6) is 0.782. The van der Waals surface area contributed by atoms with Crippen molar-refractivity contribution in [1.82, 2.24) is 9.78 Å². The molecule has 1 aromatic heterocycles. The molecule has 1 saturated carbocycles. The Kier molecular flexibility index (Phi) is 4.62. The van der Waals surface area contributed by atoms with E-state index in [9.17, 15) is 4.79 Å². The minimum atomic E-state index is -0.118. The van der Waals surface area contributed by atoms with Crippen LogP contribution in [0.1, 0.15) is 38.3 Å². The third-order valence-corrected chi connectivity index (χ3v) is 5.33. The predicted octanol–water partition coefficient (Wildman–Crippen LogP) is 2.39. The second-order valence-corrected chi connectivity index (χ2v) is 6.54. The fraction of sp³-hybridized carbons (Fsp3) is 0.714. The van der Waals surface area contributed by atoms with Crippen molar-refractivity contribution in [3.63, 3.8) is 0 Å². The van der Waals surface area contributed by atoms with E-state index in [1.165, 1.54) is 7.11 Å². The van der Waals surface area contributed by atoms with Crippen molar-refractivity contribution in [2.75, 3.05) is 18.6 Å². The maximum absolute atomic E-state index is 11.4. The number of esters is 1. The largest absolute Gasteiger partial charge is 0.469 e. The van der Waals surface area contributed by atoms with Crippen LogP contribution in [-0.4, -0.2) is 28.6 Å². The molecule has 0 aromatic carbocycles. The van der Waals surface area contributed by atoms with E-state index in [4.69, 9.17) is 10.5 Å². The smallest absolute Gasteiger partial charge is 0.306 e. The summed E-state index contributed by atoms with van der Waals surface area (Å²) in [5.41, 5.74) is 8.06. The average Bonchev–Trinajstić information content (AvgIpc) is 3.12. The van der Waals surface area contributed by atoms with E-state index < -0.39 is 0 Å². The number of ether oxygens (including phenoxy) is 1. The molecule has 0 unspecified atom stereocenters. The Morgan fingerprint density at radius 1 is 1.55 bits per heavy atom. The number of aromatic nitrogens is 2. The maximum Gasteiger partial charge on any atom is 0.306 e. The third-order valence-electron chi connectivity index (χ3n) is 3.81. The number of nitrogen functional groups attached to an aromatic ring is 1. The van der Waals surface area contributed by atoms with Crippen LogP contribution >= 0.6 is 11.8 Å². The molecule has 0 bridgehead atoms. The van der Waals surface area contributed by atoms with Gasteiger partial charge in [0.25, 0.3) is 0 Å². The molecule has 112 valence electrons. The lowest BCUT2D eigenvalue weighted by Gasteiger charge is -2.13. The second kappa shape index (κ2) is 6.08. The number of hydrogen-bond acceptors (Lipinski definition) is 5. The Labute approximate surface area is 124 Å². The Bertz CT molecular complexity index is 495. The maximum atomic E-state index is 11.4. The van der Waals surface area contributed by atoms with Gasteiger partial charge < -0.3 is 10.5 Å². The monoisotopic (exact) mass is 297 g/mol. The third kappa shape index (κ3) is 3.29. The van der Waals surface area contributed by atoms with Gasteiger partial charge in [0, 0.05) is 12.8 Å².